The molecule has 0 aromatic heterocycles. The number of allylic oxidation sites excluding steroid dienone is 1. The van der Waals surface area contributed by atoms with Crippen molar-refractivity contribution in [3.05, 3.63) is 82.0 Å². The first-order chi connectivity index (χ1) is 12.0. The Hall–Kier alpha value is -2.59. The molecular formula is C20H19ClN2O2. The van der Waals surface area contributed by atoms with Gasteiger partial charge < -0.3 is 5.32 Å². The molecule has 0 bridgehead atoms. The molecule has 128 valence electrons. The second-order valence-corrected chi connectivity index (χ2v) is 6.44. The summed E-state index contributed by atoms with van der Waals surface area (Å²) in [7, 11) is 0. The first-order valence-electron chi connectivity index (χ1n) is 8.07. The number of nitrogens with zero attached hydrogens (tertiary/aromatic N) is 1. The molecule has 0 saturated carbocycles. The summed E-state index contributed by atoms with van der Waals surface area (Å²) in [6.45, 7) is 3.73. The second-order valence-electron chi connectivity index (χ2n) is 6.03. The molecule has 3 rings (SSSR count). The lowest BCUT2D eigenvalue weighted by molar-refractivity contribution is -0.114. The topological polar surface area (TPSA) is 49.4 Å². The molecule has 2 amide bonds. The van der Waals surface area contributed by atoms with Crippen molar-refractivity contribution in [1.82, 2.24) is 10.2 Å². The third kappa shape index (κ3) is 3.44. The molecule has 4 nitrogen and oxygen atoms in total. The van der Waals surface area contributed by atoms with E-state index in [4.69, 9.17) is 11.6 Å². The van der Waals surface area contributed by atoms with Gasteiger partial charge in [-0.25, -0.2) is 4.79 Å². The van der Waals surface area contributed by atoms with Crippen LogP contribution in [0.4, 0.5) is 4.79 Å². The number of urea groups is 1. The predicted molar refractivity (Wildman–Crippen MR) is 98.1 cm³/mol. The van der Waals surface area contributed by atoms with Crippen molar-refractivity contribution in [2.45, 2.75) is 26.4 Å². The van der Waals surface area contributed by atoms with Gasteiger partial charge in [-0.3, -0.25) is 9.69 Å². The van der Waals surface area contributed by atoms with E-state index in [1.54, 1.807) is 11.0 Å². The zero-order valence-corrected chi connectivity index (χ0v) is 14.9. The molecule has 2 aromatic carbocycles. The van der Waals surface area contributed by atoms with E-state index < -0.39 is 6.04 Å². The lowest BCUT2D eigenvalue weighted by Crippen LogP contribution is -2.47. The highest BCUT2D eigenvalue weighted by Crippen LogP contribution is 2.34. The van der Waals surface area contributed by atoms with Crippen LogP contribution in [0, 0.1) is 0 Å². The maximum absolute atomic E-state index is 12.7. The molecule has 0 aliphatic carbocycles. The standard InChI is InChI=1S/C20H19ClN2O2/c1-13-18(14(2)24)19(16-10-6-7-11-17(16)21)22-20(25)23(13)12-15-8-4-3-5-9-15/h3-11,19H,12H2,1-2H3,(H,22,25)/t19-/m0/s1. The van der Waals surface area contributed by atoms with Gasteiger partial charge >= 0.3 is 6.03 Å². The van der Waals surface area contributed by atoms with E-state index in [0.29, 0.717) is 22.8 Å². The number of ketones is 1. The highest BCUT2D eigenvalue weighted by molar-refractivity contribution is 6.31. The Labute approximate surface area is 152 Å². The van der Waals surface area contributed by atoms with Crippen LogP contribution in [0.3, 0.4) is 0 Å². The highest BCUT2D eigenvalue weighted by atomic mass is 35.5. The normalized spacial score (nSPS) is 17.5. The van der Waals surface area contributed by atoms with Crippen LogP contribution in [0.5, 0.6) is 0 Å². The van der Waals surface area contributed by atoms with Gasteiger partial charge in [-0.2, -0.15) is 0 Å². The fourth-order valence-electron chi connectivity index (χ4n) is 3.14. The van der Waals surface area contributed by atoms with Crippen LogP contribution in [-0.4, -0.2) is 16.7 Å². The second kappa shape index (κ2) is 7.11. The number of rotatable bonds is 4. The number of nitrogens with one attached hydrogen (secondary N) is 1. The third-order valence-electron chi connectivity index (χ3n) is 4.38. The van der Waals surface area contributed by atoms with Gasteiger partial charge in [0.1, 0.15) is 0 Å². The van der Waals surface area contributed by atoms with Gasteiger partial charge in [0.25, 0.3) is 0 Å². The molecule has 0 saturated heterocycles. The average Bonchev–Trinajstić information content (AvgIpc) is 2.59. The van der Waals surface area contributed by atoms with Gasteiger partial charge in [0.2, 0.25) is 0 Å². The van der Waals surface area contributed by atoms with Crippen molar-refractivity contribution in [1.29, 1.82) is 0 Å². The van der Waals surface area contributed by atoms with E-state index in [1.807, 2.05) is 55.5 Å². The Morgan fingerprint density at radius 1 is 1.12 bits per heavy atom. The molecule has 1 aliphatic heterocycles. The first-order valence-corrected chi connectivity index (χ1v) is 8.45. The van der Waals surface area contributed by atoms with Crippen molar-refractivity contribution in [3.8, 4) is 0 Å². The summed E-state index contributed by atoms with van der Waals surface area (Å²) in [6, 6.07) is 16.2. The lowest BCUT2D eigenvalue weighted by Gasteiger charge is -2.36. The number of carbonyl (C=O) groups excluding carboxylic acids is 2. The Morgan fingerprint density at radius 3 is 2.40 bits per heavy atom. The number of hydrogen-bond acceptors (Lipinski definition) is 2. The monoisotopic (exact) mass is 354 g/mol. The van der Waals surface area contributed by atoms with E-state index in [9.17, 15) is 9.59 Å². The SMILES string of the molecule is CC(=O)C1=C(C)N(Cc2ccccc2)C(=O)N[C@H]1c1ccccc1Cl. The maximum atomic E-state index is 12.7. The molecule has 1 N–H and O–H groups in total. The van der Waals surface area contributed by atoms with Crippen molar-refractivity contribution in [2.75, 3.05) is 0 Å². The minimum atomic E-state index is -0.536. The van der Waals surface area contributed by atoms with Crippen LogP contribution in [0.25, 0.3) is 0 Å². The molecule has 0 radical (unpaired) electrons. The van der Waals surface area contributed by atoms with Crippen LogP contribution in [0.2, 0.25) is 5.02 Å². The maximum Gasteiger partial charge on any atom is 0.322 e. The summed E-state index contributed by atoms with van der Waals surface area (Å²) >= 11 is 6.29. The molecule has 25 heavy (non-hydrogen) atoms. The van der Waals surface area contributed by atoms with Crippen molar-refractivity contribution < 1.29 is 9.59 Å². The Balaban J connectivity index is 2.03. The van der Waals surface area contributed by atoms with Gasteiger partial charge in [0.15, 0.2) is 5.78 Å². The summed E-state index contributed by atoms with van der Waals surface area (Å²) < 4.78 is 0. The zero-order chi connectivity index (χ0) is 18.0. The zero-order valence-electron chi connectivity index (χ0n) is 14.1. The highest BCUT2D eigenvalue weighted by Gasteiger charge is 2.34. The molecule has 0 fully saturated rings. The minimum Gasteiger partial charge on any atom is -0.327 e. The molecule has 1 atom stereocenters. The lowest BCUT2D eigenvalue weighted by atomic mass is 9.92. The fraction of sp³-hybridized carbons (Fsp3) is 0.200. The fourth-order valence-corrected chi connectivity index (χ4v) is 3.38. The van der Waals surface area contributed by atoms with E-state index >= 15 is 0 Å². The average molecular weight is 355 g/mol. The number of amides is 2. The van der Waals surface area contributed by atoms with Crippen LogP contribution in [-0.2, 0) is 11.3 Å². The van der Waals surface area contributed by atoms with Crippen LogP contribution in [0.1, 0.15) is 31.0 Å². The summed E-state index contributed by atoms with van der Waals surface area (Å²) in [5.41, 5.74) is 2.94. The quantitative estimate of drug-likeness (QED) is 0.880. The van der Waals surface area contributed by atoms with Gasteiger partial charge in [-0.05, 0) is 31.0 Å². The van der Waals surface area contributed by atoms with Crippen LogP contribution >= 0.6 is 11.6 Å². The largest absolute Gasteiger partial charge is 0.327 e. The van der Waals surface area contributed by atoms with Crippen molar-refractivity contribution >= 4 is 23.4 Å². The summed E-state index contributed by atoms with van der Waals surface area (Å²) in [6.07, 6.45) is 0. The molecule has 1 heterocycles. The van der Waals surface area contributed by atoms with Crippen molar-refractivity contribution in [2.24, 2.45) is 0 Å². The van der Waals surface area contributed by atoms with Gasteiger partial charge in [-0.1, -0.05) is 60.1 Å². The Morgan fingerprint density at radius 2 is 1.76 bits per heavy atom. The summed E-state index contributed by atoms with van der Waals surface area (Å²) in [5.74, 6) is -0.0829. The Kier molecular flexibility index (Phi) is 4.91. The molecular weight excluding hydrogens is 336 g/mol. The van der Waals surface area contributed by atoms with E-state index in [1.165, 1.54) is 6.92 Å². The third-order valence-corrected chi connectivity index (χ3v) is 4.72. The first kappa shape index (κ1) is 17.2. The predicted octanol–water partition coefficient (Wildman–Crippen LogP) is 4.47. The molecule has 1 aliphatic rings. The molecule has 5 heteroatoms. The van der Waals surface area contributed by atoms with E-state index in [0.717, 1.165) is 11.1 Å². The van der Waals surface area contributed by atoms with Gasteiger partial charge in [0, 0.05) is 16.3 Å². The molecule has 2 aromatic rings. The number of hydrogen-bond donors (Lipinski definition) is 1. The van der Waals surface area contributed by atoms with Crippen LogP contribution < -0.4 is 5.32 Å². The van der Waals surface area contributed by atoms with Crippen LogP contribution in [0.15, 0.2) is 65.9 Å². The molecule has 0 unspecified atom stereocenters. The number of Topliss-reactive ketones (excluding diaryl/α,β-unsaturated/α-hetero) is 1. The van der Waals surface area contributed by atoms with E-state index in [-0.39, 0.29) is 11.8 Å². The van der Waals surface area contributed by atoms with Gasteiger partial charge in [0.05, 0.1) is 12.6 Å². The summed E-state index contributed by atoms with van der Waals surface area (Å²) in [4.78, 5) is 26.6. The van der Waals surface area contributed by atoms with Gasteiger partial charge in [-0.15, -0.1) is 0 Å². The van der Waals surface area contributed by atoms with E-state index in [2.05, 4.69) is 5.32 Å². The minimum absolute atomic E-state index is 0.0829. The smallest absolute Gasteiger partial charge is 0.322 e. The molecule has 0 spiro atoms. The van der Waals surface area contributed by atoms with Crippen molar-refractivity contribution in [3.63, 3.8) is 0 Å². The number of benzene rings is 2. The number of halogens is 1. The number of carbonyl (C=O) groups is 2. The Bertz CT molecular complexity index is 846. The summed E-state index contributed by atoms with van der Waals surface area (Å²) in [5, 5.41) is 3.45.